The molecular weight excluding hydrogens is 512 g/mol. The first-order valence-electron chi connectivity index (χ1n) is 17.8. The van der Waals surface area contributed by atoms with Crippen molar-refractivity contribution < 1.29 is 0 Å². The van der Waals surface area contributed by atoms with Crippen LogP contribution in [-0.2, 0) is 6.54 Å². The molecule has 42 heavy (non-hydrogen) atoms. The standard InChI is InChI=1S/C14H31N.C12H27N.C9H13N.C3H9N/c1-4-5-6-7-8-9-10-11-12-13-14-15(2)3;1-4-7-10-13(11-8-5-2)12-9-6-3;1-10(2)8-9-6-4-3-5-7-9;1-4(2)3/h4-14H2,1-3H3;4-12H2,1-3H3;3-7H,8H2,1-2H3;1-3H3. The first kappa shape index (κ1) is 45.5. The SMILES string of the molecule is CCCCCCCCCCCCN(C)C.CCCCN(CCCC)CCCC.CN(C)C.CN(C)Cc1ccccc1. The largest absolute Gasteiger partial charge is 0.312 e. The van der Waals surface area contributed by atoms with E-state index in [0.717, 1.165) is 6.54 Å². The van der Waals surface area contributed by atoms with E-state index in [1.54, 1.807) is 0 Å². The topological polar surface area (TPSA) is 13.0 Å². The second-order valence-corrected chi connectivity index (χ2v) is 13.0. The summed E-state index contributed by atoms with van der Waals surface area (Å²) in [6.07, 6.45) is 22.4. The number of hydrogen-bond donors (Lipinski definition) is 0. The zero-order valence-electron chi connectivity index (χ0n) is 31.0. The molecule has 4 nitrogen and oxygen atoms in total. The average molecular weight is 593 g/mol. The minimum Gasteiger partial charge on any atom is -0.312 e. The molecule has 0 unspecified atom stereocenters. The van der Waals surface area contributed by atoms with Gasteiger partial charge in [0.15, 0.2) is 0 Å². The molecule has 0 amide bonds. The summed E-state index contributed by atoms with van der Waals surface area (Å²) >= 11 is 0. The van der Waals surface area contributed by atoms with Crippen molar-refractivity contribution in [1.82, 2.24) is 19.6 Å². The van der Waals surface area contributed by atoms with Gasteiger partial charge in [-0.2, -0.15) is 0 Å². The van der Waals surface area contributed by atoms with E-state index in [1.807, 2.05) is 32.1 Å². The monoisotopic (exact) mass is 593 g/mol. The third-order valence-corrected chi connectivity index (χ3v) is 6.78. The summed E-state index contributed by atoms with van der Waals surface area (Å²) in [5.41, 5.74) is 1.37. The van der Waals surface area contributed by atoms with Gasteiger partial charge in [0, 0.05) is 6.54 Å². The van der Waals surface area contributed by atoms with Crippen molar-refractivity contribution in [3.05, 3.63) is 35.9 Å². The lowest BCUT2D eigenvalue weighted by atomic mass is 10.1. The molecule has 0 heterocycles. The third-order valence-electron chi connectivity index (χ3n) is 6.78. The van der Waals surface area contributed by atoms with Crippen LogP contribution < -0.4 is 0 Å². The minimum absolute atomic E-state index is 1.03. The molecular formula is C38H80N4. The van der Waals surface area contributed by atoms with E-state index in [1.165, 1.54) is 134 Å². The Morgan fingerprint density at radius 2 is 0.762 bits per heavy atom. The Morgan fingerprint density at radius 3 is 1.10 bits per heavy atom. The Balaban J connectivity index is -0.000000516. The number of benzene rings is 1. The molecule has 0 fully saturated rings. The summed E-state index contributed by atoms with van der Waals surface area (Å²) in [4.78, 5) is 9.08. The average Bonchev–Trinajstić information content (AvgIpc) is 2.94. The quantitative estimate of drug-likeness (QED) is 0.124. The normalized spacial score (nSPS) is 10.7. The highest BCUT2D eigenvalue weighted by Gasteiger charge is 2.02. The van der Waals surface area contributed by atoms with Gasteiger partial charge in [-0.15, -0.1) is 0 Å². The van der Waals surface area contributed by atoms with E-state index >= 15 is 0 Å². The van der Waals surface area contributed by atoms with Gasteiger partial charge in [0.05, 0.1) is 0 Å². The highest BCUT2D eigenvalue weighted by atomic mass is 15.1. The molecule has 4 heteroatoms. The summed E-state index contributed by atoms with van der Waals surface area (Å²) < 4.78 is 0. The summed E-state index contributed by atoms with van der Waals surface area (Å²) in [5, 5.41) is 0. The van der Waals surface area contributed by atoms with Crippen LogP contribution in [0.15, 0.2) is 30.3 Å². The van der Waals surface area contributed by atoms with E-state index in [9.17, 15) is 0 Å². The van der Waals surface area contributed by atoms with Crippen LogP contribution in [0.3, 0.4) is 0 Å². The van der Waals surface area contributed by atoms with Gasteiger partial charge >= 0.3 is 0 Å². The Bertz CT molecular complexity index is 552. The summed E-state index contributed by atoms with van der Waals surface area (Å²) in [7, 11) is 14.5. The maximum absolute atomic E-state index is 2.64. The summed E-state index contributed by atoms with van der Waals surface area (Å²) in [6, 6.07) is 10.5. The number of nitrogens with zero attached hydrogens (tertiary/aromatic N) is 4. The molecule has 0 saturated carbocycles. The molecule has 0 spiro atoms. The first-order valence-corrected chi connectivity index (χ1v) is 17.8. The minimum atomic E-state index is 1.03. The molecule has 252 valence electrons. The fourth-order valence-corrected chi connectivity index (χ4v) is 4.34. The van der Waals surface area contributed by atoms with Crippen LogP contribution in [0, 0.1) is 0 Å². The van der Waals surface area contributed by atoms with E-state index in [0.29, 0.717) is 0 Å². The van der Waals surface area contributed by atoms with Crippen LogP contribution >= 0.6 is 0 Å². The van der Waals surface area contributed by atoms with Crippen LogP contribution in [-0.4, -0.2) is 95.1 Å². The molecule has 0 aromatic heterocycles. The Kier molecular flexibility index (Phi) is 41.2. The molecule has 0 aliphatic rings. The summed E-state index contributed by atoms with van der Waals surface area (Å²) in [5.74, 6) is 0. The lowest BCUT2D eigenvalue weighted by Gasteiger charge is -2.21. The summed E-state index contributed by atoms with van der Waals surface area (Å²) in [6.45, 7) is 15.3. The van der Waals surface area contributed by atoms with Crippen molar-refractivity contribution in [1.29, 1.82) is 0 Å². The molecule has 1 aromatic carbocycles. The fourth-order valence-electron chi connectivity index (χ4n) is 4.34. The van der Waals surface area contributed by atoms with E-state index in [2.05, 4.69) is 94.9 Å². The molecule has 0 aliphatic carbocycles. The molecule has 0 saturated heterocycles. The van der Waals surface area contributed by atoms with Crippen molar-refractivity contribution >= 4 is 0 Å². The smallest absolute Gasteiger partial charge is 0.0227 e. The maximum Gasteiger partial charge on any atom is 0.0227 e. The van der Waals surface area contributed by atoms with Gasteiger partial charge in [-0.25, -0.2) is 0 Å². The zero-order chi connectivity index (χ0) is 32.3. The predicted octanol–water partition coefficient (Wildman–Crippen LogP) is 10.1. The first-order chi connectivity index (χ1) is 20.1. The van der Waals surface area contributed by atoms with Crippen molar-refractivity contribution in [2.75, 3.05) is 75.5 Å². The maximum atomic E-state index is 2.64. The highest BCUT2D eigenvalue weighted by Crippen LogP contribution is 2.10. The van der Waals surface area contributed by atoms with Crippen LogP contribution in [0.4, 0.5) is 0 Å². The molecule has 1 rings (SSSR count). The predicted molar refractivity (Wildman–Crippen MR) is 195 cm³/mol. The third kappa shape index (κ3) is 46.0. The van der Waals surface area contributed by atoms with Crippen LogP contribution in [0.2, 0.25) is 0 Å². The molecule has 0 bridgehead atoms. The van der Waals surface area contributed by atoms with Gasteiger partial charge < -0.3 is 19.6 Å². The Labute approximate surface area is 267 Å². The highest BCUT2D eigenvalue weighted by molar-refractivity contribution is 5.14. The Morgan fingerprint density at radius 1 is 0.405 bits per heavy atom. The van der Waals surface area contributed by atoms with Crippen LogP contribution in [0.1, 0.15) is 136 Å². The molecule has 1 aromatic rings. The van der Waals surface area contributed by atoms with Gasteiger partial charge in [0.1, 0.15) is 0 Å². The number of rotatable bonds is 22. The van der Waals surface area contributed by atoms with Gasteiger partial charge in [0.25, 0.3) is 0 Å². The van der Waals surface area contributed by atoms with Crippen molar-refractivity contribution in [3.63, 3.8) is 0 Å². The number of unbranched alkanes of at least 4 members (excludes halogenated alkanes) is 12. The Hall–Kier alpha value is -0.940. The van der Waals surface area contributed by atoms with Gasteiger partial charge in [-0.1, -0.05) is 135 Å². The number of hydrogen-bond acceptors (Lipinski definition) is 4. The second kappa shape index (κ2) is 38.1. The second-order valence-electron chi connectivity index (χ2n) is 13.0. The van der Waals surface area contributed by atoms with Gasteiger partial charge in [-0.05, 0) is 107 Å². The van der Waals surface area contributed by atoms with Crippen molar-refractivity contribution in [3.8, 4) is 0 Å². The molecule has 0 N–H and O–H groups in total. The van der Waals surface area contributed by atoms with Gasteiger partial charge in [0.2, 0.25) is 0 Å². The molecule has 0 aliphatic heterocycles. The molecule has 0 radical (unpaired) electrons. The van der Waals surface area contributed by atoms with Crippen molar-refractivity contribution in [2.45, 2.75) is 137 Å². The van der Waals surface area contributed by atoms with E-state index in [4.69, 9.17) is 0 Å². The van der Waals surface area contributed by atoms with E-state index < -0.39 is 0 Å². The fraction of sp³-hybridized carbons (Fsp3) is 0.842. The molecule has 0 atom stereocenters. The van der Waals surface area contributed by atoms with E-state index in [-0.39, 0.29) is 0 Å². The lowest BCUT2D eigenvalue weighted by Crippen LogP contribution is -2.27. The van der Waals surface area contributed by atoms with Crippen LogP contribution in [0.5, 0.6) is 0 Å². The van der Waals surface area contributed by atoms with Gasteiger partial charge in [-0.3, -0.25) is 0 Å². The zero-order valence-corrected chi connectivity index (χ0v) is 31.0. The van der Waals surface area contributed by atoms with Crippen molar-refractivity contribution in [2.24, 2.45) is 0 Å². The van der Waals surface area contributed by atoms with Crippen LogP contribution in [0.25, 0.3) is 0 Å². The lowest BCUT2D eigenvalue weighted by molar-refractivity contribution is 0.261.